The maximum Gasteiger partial charge on any atom is 0.376 e. The molecule has 0 unspecified atom stereocenters. The molecule has 0 radical (unpaired) electrons. The van der Waals surface area contributed by atoms with Crippen LogP contribution >= 0.6 is 0 Å². The molecule has 0 saturated carbocycles. The maximum atomic E-state index is 10.2. The van der Waals surface area contributed by atoms with E-state index in [1.807, 2.05) is 13.8 Å². The van der Waals surface area contributed by atoms with Gasteiger partial charge in [-0.3, -0.25) is 10.9 Å². The highest BCUT2D eigenvalue weighted by molar-refractivity contribution is 5.73. The second-order valence-electron chi connectivity index (χ2n) is 2.93. The number of urea groups is 2. The van der Waals surface area contributed by atoms with Gasteiger partial charge < -0.3 is 9.68 Å². The zero-order chi connectivity index (χ0) is 15.6. The Hall–Kier alpha value is -2.34. The smallest absolute Gasteiger partial charge is 0.376 e. The Morgan fingerprint density at radius 1 is 0.900 bits per heavy atom. The molecular weight excluding hydrogens is 272 g/mol. The molecule has 0 heterocycles. The molecule has 20 heavy (non-hydrogen) atoms. The van der Waals surface area contributed by atoms with Crippen LogP contribution in [0.15, 0.2) is 20.8 Å². The summed E-state index contributed by atoms with van der Waals surface area (Å²) in [6.45, 7) is 4.72. The zero-order valence-electron chi connectivity index (χ0n) is 11.4. The summed E-state index contributed by atoms with van der Waals surface area (Å²) in [5.74, 6) is 9.36. The molecule has 0 aromatic rings. The van der Waals surface area contributed by atoms with Crippen LogP contribution < -0.4 is 22.5 Å². The maximum absolute atomic E-state index is 10.2. The predicted octanol–water partition coefficient (Wildman–Crippen LogP) is 0.727. The topological polar surface area (TPSA) is 178 Å². The van der Waals surface area contributed by atoms with Gasteiger partial charge in [0.05, 0.1) is 0 Å². The predicted molar refractivity (Wildman–Crippen MR) is 67.6 cm³/mol. The number of nitrogens with zero attached hydrogens (tertiary/aromatic N) is 4. The highest BCUT2D eigenvalue weighted by Crippen LogP contribution is 1.83. The van der Waals surface area contributed by atoms with Crippen molar-refractivity contribution in [1.29, 1.82) is 0 Å². The van der Waals surface area contributed by atoms with Crippen LogP contribution in [0.2, 0.25) is 0 Å². The van der Waals surface area contributed by atoms with Gasteiger partial charge in [-0.05, 0) is 12.8 Å². The Balaban J connectivity index is 0. The van der Waals surface area contributed by atoms with Crippen molar-refractivity contribution < 1.29 is 19.3 Å². The summed E-state index contributed by atoms with van der Waals surface area (Å²) < 4.78 is 0. The third-order valence-electron chi connectivity index (χ3n) is 1.22. The molecule has 12 heteroatoms. The molecule has 6 N–H and O–H groups in total. The molecule has 0 saturated heterocycles. The fourth-order valence-electron chi connectivity index (χ4n) is 0.454. The van der Waals surface area contributed by atoms with Gasteiger partial charge in [0, 0.05) is 10.6 Å². The summed E-state index contributed by atoms with van der Waals surface area (Å²) in [5.41, 5.74) is 3.53. The minimum absolute atomic E-state index is 0.446. The van der Waals surface area contributed by atoms with Crippen molar-refractivity contribution in [3.63, 3.8) is 0 Å². The monoisotopic (exact) mass is 292 g/mol. The third kappa shape index (κ3) is 18.0. The first kappa shape index (κ1) is 20.0. The van der Waals surface area contributed by atoms with E-state index in [2.05, 4.69) is 42.1 Å². The van der Waals surface area contributed by atoms with Crippen molar-refractivity contribution in [3.8, 4) is 0 Å². The Bertz CT molecular complexity index is 279. The first-order valence-electron chi connectivity index (χ1n) is 5.69. The Morgan fingerprint density at radius 2 is 1.25 bits per heavy atom. The minimum Gasteiger partial charge on any atom is -0.379 e. The number of hydrazine groups is 2. The molecule has 0 rings (SSSR count). The van der Waals surface area contributed by atoms with Crippen LogP contribution in [0.25, 0.3) is 0 Å². The Labute approximate surface area is 115 Å². The van der Waals surface area contributed by atoms with Crippen LogP contribution in [-0.4, -0.2) is 25.3 Å². The van der Waals surface area contributed by atoms with Crippen molar-refractivity contribution in [2.75, 3.05) is 13.2 Å². The van der Waals surface area contributed by atoms with Crippen LogP contribution in [0.3, 0.4) is 0 Å². The molecule has 0 aliphatic heterocycles. The fraction of sp³-hybridized carbons (Fsp3) is 0.750. The molecule has 0 fully saturated rings. The lowest BCUT2D eigenvalue weighted by Gasteiger charge is -1.90. The molecule has 12 nitrogen and oxygen atoms in total. The van der Waals surface area contributed by atoms with E-state index in [0.29, 0.717) is 13.2 Å². The van der Waals surface area contributed by atoms with Crippen molar-refractivity contribution in [1.82, 2.24) is 10.9 Å². The lowest BCUT2D eigenvalue weighted by Crippen LogP contribution is -2.26. The summed E-state index contributed by atoms with van der Waals surface area (Å²) in [6, 6.07) is -1.45. The van der Waals surface area contributed by atoms with Crippen LogP contribution in [0, 0.1) is 0 Å². The van der Waals surface area contributed by atoms with Crippen LogP contribution in [-0.2, 0) is 9.68 Å². The Kier molecular flexibility index (Phi) is 16.6. The molecule has 0 aromatic carbocycles. The van der Waals surface area contributed by atoms with E-state index in [-0.39, 0.29) is 0 Å². The Morgan fingerprint density at radius 3 is 1.50 bits per heavy atom. The summed E-state index contributed by atoms with van der Waals surface area (Å²) in [6.07, 6.45) is 1.65. The zero-order valence-corrected chi connectivity index (χ0v) is 11.4. The normalized spacial score (nSPS) is 9.80. The molecular formula is C8H20N8O4. The van der Waals surface area contributed by atoms with Gasteiger partial charge in [0.15, 0.2) is 0 Å². The average Bonchev–Trinajstić information content (AvgIpc) is 2.48. The van der Waals surface area contributed by atoms with Crippen molar-refractivity contribution >= 4 is 12.1 Å². The van der Waals surface area contributed by atoms with Gasteiger partial charge in [-0.1, -0.05) is 24.1 Å². The van der Waals surface area contributed by atoms with Crippen LogP contribution in [0.1, 0.15) is 26.7 Å². The third-order valence-corrected chi connectivity index (χ3v) is 1.22. The van der Waals surface area contributed by atoms with Crippen molar-refractivity contribution in [3.05, 3.63) is 0 Å². The number of rotatable bonds is 6. The molecule has 0 spiro atoms. The van der Waals surface area contributed by atoms with Gasteiger partial charge >= 0.3 is 12.1 Å². The van der Waals surface area contributed by atoms with E-state index in [4.69, 9.17) is 0 Å². The number of nitrogens with one attached hydrogen (secondary N) is 2. The van der Waals surface area contributed by atoms with Gasteiger partial charge in [-0.25, -0.2) is 21.3 Å². The van der Waals surface area contributed by atoms with E-state index >= 15 is 0 Å². The molecule has 0 aliphatic carbocycles. The lowest BCUT2D eigenvalue weighted by atomic mass is 10.5. The first-order chi connectivity index (χ1) is 9.62. The van der Waals surface area contributed by atoms with Crippen molar-refractivity contribution in [2.45, 2.75) is 26.7 Å². The largest absolute Gasteiger partial charge is 0.379 e. The number of amides is 4. The highest BCUT2D eigenvalue weighted by atomic mass is 16.6. The lowest BCUT2D eigenvalue weighted by molar-refractivity contribution is 0.123. The minimum atomic E-state index is -0.726. The standard InChI is InChI=1S/2C4H10N4O2/c2*1-2-3-10-8-7-4(9)6-5/h2*2-3,5H2,1H3,(H,6,9). The first-order valence-corrected chi connectivity index (χ1v) is 5.69. The van der Waals surface area contributed by atoms with Crippen LogP contribution in [0.4, 0.5) is 9.59 Å². The summed E-state index contributed by atoms with van der Waals surface area (Å²) >= 11 is 0. The molecule has 116 valence electrons. The summed E-state index contributed by atoms with van der Waals surface area (Å²) in [7, 11) is 0. The molecule has 0 atom stereocenters. The molecule has 0 aliphatic rings. The van der Waals surface area contributed by atoms with Gasteiger partial charge in [-0.15, -0.1) is 0 Å². The fourth-order valence-corrected chi connectivity index (χ4v) is 0.454. The number of carbonyl (C=O) groups is 2. The summed E-state index contributed by atoms with van der Waals surface area (Å²) in [4.78, 5) is 29.4. The molecule has 0 bridgehead atoms. The van der Waals surface area contributed by atoms with Crippen LogP contribution in [0.5, 0.6) is 0 Å². The van der Waals surface area contributed by atoms with Gasteiger partial charge in [-0.2, -0.15) is 0 Å². The average molecular weight is 292 g/mol. The number of hydrogen-bond acceptors (Lipinski definition) is 8. The van der Waals surface area contributed by atoms with E-state index < -0.39 is 12.1 Å². The molecule has 0 aromatic heterocycles. The second-order valence-corrected chi connectivity index (χ2v) is 2.93. The van der Waals surface area contributed by atoms with Gasteiger partial charge in [0.1, 0.15) is 13.2 Å². The number of carbonyl (C=O) groups excluding carboxylic acids is 2. The number of nitrogens with two attached hydrogens (primary N) is 2. The van der Waals surface area contributed by atoms with E-state index in [1.54, 1.807) is 10.9 Å². The van der Waals surface area contributed by atoms with Gasteiger partial charge in [0.2, 0.25) is 0 Å². The second kappa shape index (κ2) is 16.7. The summed E-state index contributed by atoms with van der Waals surface area (Å²) in [5, 5.41) is 12.1. The van der Waals surface area contributed by atoms with E-state index in [1.165, 1.54) is 0 Å². The van der Waals surface area contributed by atoms with E-state index in [0.717, 1.165) is 12.8 Å². The van der Waals surface area contributed by atoms with Crippen molar-refractivity contribution in [2.24, 2.45) is 32.5 Å². The number of hydrogen-bond donors (Lipinski definition) is 4. The van der Waals surface area contributed by atoms with E-state index in [9.17, 15) is 9.59 Å². The highest BCUT2D eigenvalue weighted by Gasteiger charge is 1.89. The SMILES string of the molecule is CCCON=NC(=O)NN.CCCON=NC(=O)NN. The van der Waals surface area contributed by atoms with Gasteiger partial charge in [0.25, 0.3) is 0 Å². The molecule has 4 amide bonds. The quantitative estimate of drug-likeness (QED) is 0.184.